The van der Waals surface area contributed by atoms with Gasteiger partial charge in [-0.25, -0.2) is 0 Å². The minimum atomic E-state index is -0.600. The van der Waals surface area contributed by atoms with Gasteiger partial charge in [-0.15, -0.1) is 0 Å². The number of halogens is 2. The summed E-state index contributed by atoms with van der Waals surface area (Å²) in [5.74, 6) is 0.105. The summed E-state index contributed by atoms with van der Waals surface area (Å²) in [6.07, 6.45) is 1.32. The van der Waals surface area contributed by atoms with E-state index >= 15 is 0 Å². The van der Waals surface area contributed by atoms with E-state index < -0.39 is 10.8 Å². The third-order valence-electron chi connectivity index (χ3n) is 4.22. The molecule has 1 N–H and O–H groups in total. The lowest BCUT2D eigenvalue weighted by atomic mass is 10.1. The first-order valence-corrected chi connectivity index (χ1v) is 9.69. The van der Waals surface area contributed by atoms with E-state index in [1.165, 1.54) is 18.2 Å². The molecule has 9 heteroatoms. The number of nitro benzene ring substituents is 1. The van der Waals surface area contributed by atoms with Gasteiger partial charge in [0.05, 0.1) is 4.92 Å². The molecular formula is C21H13BrClN3O4. The number of nitro groups is 1. The highest BCUT2D eigenvalue weighted by atomic mass is 79.9. The second-order valence-electron chi connectivity index (χ2n) is 6.16. The summed E-state index contributed by atoms with van der Waals surface area (Å²) >= 11 is 9.35. The zero-order valence-electron chi connectivity index (χ0n) is 15.5. The van der Waals surface area contributed by atoms with E-state index in [9.17, 15) is 20.2 Å². The molecule has 0 aliphatic heterocycles. The second-order valence-corrected chi connectivity index (χ2v) is 7.42. The van der Waals surface area contributed by atoms with Crippen molar-refractivity contribution in [1.82, 2.24) is 0 Å². The number of hydrogen-bond donors (Lipinski definition) is 1. The van der Waals surface area contributed by atoms with E-state index in [0.29, 0.717) is 32.1 Å². The van der Waals surface area contributed by atoms with Gasteiger partial charge in [-0.1, -0.05) is 17.7 Å². The number of benzene rings is 2. The van der Waals surface area contributed by atoms with Crippen LogP contribution in [0, 0.1) is 28.4 Å². The van der Waals surface area contributed by atoms with E-state index in [-0.39, 0.29) is 17.0 Å². The van der Waals surface area contributed by atoms with Crippen molar-refractivity contribution < 1.29 is 14.1 Å². The van der Waals surface area contributed by atoms with Crippen LogP contribution in [0.1, 0.15) is 11.3 Å². The summed E-state index contributed by atoms with van der Waals surface area (Å²) in [4.78, 5) is 22.9. The number of nitrogens with one attached hydrogen (secondary N) is 1. The van der Waals surface area contributed by atoms with Gasteiger partial charge in [0.1, 0.15) is 23.2 Å². The number of furan rings is 1. The summed E-state index contributed by atoms with van der Waals surface area (Å²) < 4.78 is 6.18. The van der Waals surface area contributed by atoms with Gasteiger partial charge < -0.3 is 9.73 Å². The fraction of sp³-hybridized carbons (Fsp3) is 0.0476. The van der Waals surface area contributed by atoms with Crippen LogP contribution >= 0.6 is 27.5 Å². The van der Waals surface area contributed by atoms with Crippen LogP contribution in [0.3, 0.4) is 0 Å². The molecule has 0 aliphatic rings. The Labute approximate surface area is 184 Å². The number of nitriles is 1. The van der Waals surface area contributed by atoms with Crippen molar-refractivity contribution >= 4 is 50.9 Å². The molecule has 7 nitrogen and oxygen atoms in total. The van der Waals surface area contributed by atoms with Gasteiger partial charge in [0.2, 0.25) is 0 Å². The van der Waals surface area contributed by atoms with Gasteiger partial charge in [-0.2, -0.15) is 5.26 Å². The molecule has 0 spiro atoms. The highest BCUT2D eigenvalue weighted by Crippen LogP contribution is 2.33. The minimum Gasteiger partial charge on any atom is -0.457 e. The molecule has 3 rings (SSSR count). The largest absolute Gasteiger partial charge is 0.457 e. The minimum absolute atomic E-state index is 0.0583. The number of anilines is 1. The van der Waals surface area contributed by atoms with Gasteiger partial charge in [0.15, 0.2) is 0 Å². The zero-order valence-corrected chi connectivity index (χ0v) is 17.8. The van der Waals surface area contributed by atoms with E-state index in [4.69, 9.17) is 16.0 Å². The van der Waals surface area contributed by atoms with E-state index in [2.05, 4.69) is 21.2 Å². The highest BCUT2D eigenvalue weighted by molar-refractivity contribution is 9.10. The normalized spacial score (nSPS) is 11.1. The highest BCUT2D eigenvalue weighted by Gasteiger charge is 2.15. The fourth-order valence-corrected chi connectivity index (χ4v) is 3.35. The molecular weight excluding hydrogens is 474 g/mol. The molecule has 1 heterocycles. The summed E-state index contributed by atoms with van der Waals surface area (Å²) in [6.45, 7) is 1.76. The van der Waals surface area contributed by atoms with E-state index in [0.717, 1.165) is 0 Å². The lowest BCUT2D eigenvalue weighted by Crippen LogP contribution is -2.14. The maximum absolute atomic E-state index is 12.5. The van der Waals surface area contributed by atoms with E-state index in [1.54, 1.807) is 43.3 Å². The van der Waals surface area contributed by atoms with Crippen molar-refractivity contribution in [2.75, 3.05) is 5.32 Å². The molecule has 1 amide bonds. The Morgan fingerprint density at radius 1 is 1.30 bits per heavy atom. The van der Waals surface area contributed by atoms with Crippen molar-refractivity contribution in [3.05, 3.63) is 85.0 Å². The van der Waals surface area contributed by atoms with E-state index in [1.807, 2.05) is 6.07 Å². The van der Waals surface area contributed by atoms with Crippen molar-refractivity contribution in [3.8, 4) is 17.4 Å². The predicted molar refractivity (Wildman–Crippen MR) is 117 cm³/mol. The maximum Gasteiger partial charge on any atom is 0.270 e. The molecule has 0 radical (unpaired) electrons. The summed E-state index contributed by atoms with van der Waals surface area (Å²) in [7, 11) is 0. The quantitative estimate of drug-likeness (QED) is 0.202. The first-order chi connectivity index (χ1) is 14.3. The van der Waals surface area contributed by atoms with Gasteiger partial charge in [0, 0.05) is 39.0 Å². The van der Waals surface area contributed by atoms with Gasteiger partial charge in [0.25, 0.3) is 11.6 Å². The first-order valence-electron chi connectivity index (χ1n) is 8.52. The Morgan fingerprint density at radius 2 is 2.07 bits per heavy atom. The number of hydrogen-bond acceptors (Lipinski definition) is 5. The molecule has 0 saturated heterocycles. The van der Waals surface area contributed by atoms with Gasteiger partial charge in [-0.3, -0.25) is 14.9 Å². The topological polar surface area (TPSA) is 109 Å². The van der Waals surface area contributed by atoms with Crippen LogP contribution in [0.4, 0.5) is 11.4 Å². The number of amides is 1. The lowest BCUT2D eigenvalue weighted by Gasteiger charge is -2.08. The SMILES string of the molecule is Cc1c(Cl)cccc1NC(=O)/C(C#N)=C/c1ccc(-c2ccc([N+](=O)[O-])cc2Br)o1. The Bertz CT molecular complexity index is 1230. The number of nitrogens with zero attached hydrogens (tertiary/aromatic N) is 2. The van der Waals surface area contributed by atoms with Crippen molar-refractivity contribution in [1.29, 1.82) is 5.26 Å². The monoisotopic (exact) mass is 485 g/mol. The second kappa shape index (κ2) is 8.95. The standard InChI is InChI=1S/C21H13BrClN3O4/c1-12-18(23)3-2-4-19(12)25-21(27)13(11-24)9-15-6-8-20(30-15)16-7-5-14(26(28)29)10-17(16)22/h2-10H,1H3,(H,25,27)/b13-9+. The Morgan fingerprint density at radius 3 is 2.73 bits per heavy atom. The molecule has 0 fully saturated rings. The molecule has 0 unspecified atom stereocenters. The third-order valence-corrected chi connectivity index (χ3v) is 5.29. The molecule has 3 aromatic rings. The maximum atomic E-state index is 12.5. The number of carbonyl (C=O) groups excluding carboxylic acids is 1. The lowest BCUT2D eigenvalue weighted by molar-refractivity contribution is -0.384. The number of carbonyl (C=O) groups is 1. The Balaban J connectivity index is 1.85. The van der Waals surface area contributed by atoms with Crippen LogP contribution in [0.15, 0.2) is 63.0 Å². The van der Waals surface area contributed by atoms with Crippen LogP contribution < -0.4 is 5.32 Å². The van der Waals surface area contributed by atoms with Crippen LogP contribution in [0.25, 0.3) is 17.4 Å². The van der Waals surface area contributed by atoms with Crippen molar-refractivity contribution in [3.63, 3.8) is 0 Å². The Hall–Kier alpha value is -3.41. The number of non-ortho nitro benzene ring substituents is 1. The Kier molecular flexibility index (Phi) is 6.35. The summed E-state index contributed by atoms with van der Waals surface area (Å²) in [5, 5.41) is 23.4. The number of rotatable bonds is 5. The van der Waals surface area contributed by atoms with Crippen molar-refractivity contribution in [2.45, 2.75) is 6.92 Å². The molecule has 30 heavy (non-hydrogen) atoms. The zero-order chi connectivity index (χ0) is 21.8. The molecule has 0 bridgehead atoms. The molecule has 0 atom stereocenters. The van der Waals surface area contributed by atoms with Gasteiger partial charge in [-0.05, 0) is 58.7 Å². The third kappa shape index (κ3) is 4.59. The average Bonchev–Trinajstić information content (AvgIpc) is 3.17. The first kappa shape index (κ1) is 21.3. The molecule has 0 saturated carbocycles. The predicted octanol–water partition coefficient (Wildman–Crippen LogP) is 6.12. The van der Waals surface area contributed by atoms with Crippen LogP contribution in [0.5, 0.6) is 0 Å². The summed E-state index contributed by atoms with van der Waals surface area (Å²) in [6, 6.07) is 14.5. The smallest absolute Gasteiger partial charge is 0.270 e. The van der Waals surface area contributed by atoms with Gasteiger partial charge >= 0.3 is 0 Å². The van der Waals surface area contributed by atoms with Crippen molar-refractivity contribution in [2.24, 2.45) is 0 Å². The molecule has 150 valence electrons. The average molecular weight is 487 g/mol. The van der Waals surface area contributed by atoms with Crippen LogP contribution in [0.2, 0.25) is 5.02 Å². The molecule has 2 aromatic carbocycles. The summed E-state index contributed by atoms with van der Waals surface area (Å²) in [5.41, 5.74) is 1.57. The van der Waals surface area contributed by atoms with Crippen LogP contribution in [-0.4, -0.2) is 10.8 Å². The molecule has 0 aliphatic carbocycles. The fourth-order valence-electron chi connectivity index (χ4n) is 2.62. The van der Waals surface area contributed by atoms with Crippen LogP contribution in [-0.2, 0) is 4.79 Å². The molecule has 1 aromatic heterocycles.